The number of halogens is 1. The van der Waals surface area contributed by atoms with Crippen LogP contribution in [0.2, 0.25) is 0 Å². The molecular weight excluding hydrogens is 350 g/mol. The van der Waals surface area contributed by atoms with Crippen LogP contribution in [0.25, 0.3) is 0 Å². The van der Waals surface area contributed by atoms with E-state index < -0.39 is 10.0 Å². The zero-order valence-corrected chi connectivity index (χ0v) is 15.2. The highest BCUT2D eigenvalue weighted by Crippen LogP contribution is 2.29. The van der Waals surface area contributed by atoms with E-state index in [1.165, 1.54) is 12.8 Å². The predicted octanol–water partition coefficient (Wildman–Crippen LogP) is 4.35. The summed E-state index contributed by atoms with van der Waals surface area (Å²) in [4.78, 5) is 0.391. The Morgan fingerprint density at radius 2 is 2.05 bits per heavy atom. The Balaban J connectivity index is 2.19. The molecule has 1 unspecified atom stereocenters. The van der Waals surface area contributed by atoms with Gasteiger partial charge in [0, 0.05) is 17.6 Å². The second-order valence-corrected chi connectivity index (χ2v) is 8.68. The minimum atomic E-state index is -3.38. The number of nitrogens with zero attached hydrogens (tertiary/aromatic N) is 1. The molecule has 1 aliphatic heterocycles. The lowest BCUT2D eigenvalue weighted by molar-refractivity contribution is 0.400. The summed E-state index contributed by atoms with van der Waals surface area (Å²) in [6.45, 7) is 5.45. The van der Waals surface area contributed by atoms with Crippen molar-refractivity contribution in [1.29, 1.82) is 0 Å². The van der Waals surface area contributed by atoms with E-state index in [1.807, 2.05) is 19.1 Å². The van der Waals surface area contributed by atoms with Crippen molar-refractivity contribution in [2.45, 2.75) is 50.8 Å². The summed E-state index contributed by atoms with van der Waals surface area (Å²) in [5, 5.41) is 0. The third kappa shape index (κ3) is 4.08. The van der Waals surface area contributed by atoms with Crippen molar-refractivity contribution in [1.82, 2.24) is 4.31 Å². The Labute approximate surface area is 136 Å². The summed E-state index contributed by atoms with van der Waals surface area (Å²) in [6, 6.07) is 5.43. The summed E-state index contributed by atoms with van der Waals surface area (Å²) in [7, 11) is -3.38. The highest BCUT2D eigenvalue weighted by Gasteiger charge is 2.28. The van der Waals surface area contributed by atoms with Gasteiger partial charge in [0.05, 0.1) is 4.90 Å². The maximum Gasteiger partial charge on any atom is 0.244 e. The van der Waals surface area contributed by atoms with Crippen LogP contribution in [0.5, 0.6) is 0 Å². The van der Waals surface area contributed by atoms with E-state index in [0.29, 0.717) is 28.4 Å². The van der Waals surface area contributed by atoms with E-state index in [1.54, 1.807) is 10.4 Å². The molecule has 2 rings (SSSR count). The highest BCUT2D eigenvalue weighted by molar-refractivity contribution is 9.10. The molecule has 5 heteroatoms. The van der Waals surface area contributed by atoms with Crippen molar-refractivity contribution < 1.29 is 8.42 Å². The maximum absolute atomic E-state index is 12.8. The lowest BCUT2D eigenvalue weighted by Crippen LogP contribution is -2.32. The third-order valence-electron chi connectivity index (χ3n) is 4.21. The summed E-state index contributed by atoms with van der Waals surface area (Å²) in [5.41, 5.74) is 1.06. The van der Waals surface area contributed by atoms with Gasteiger partial charge in [0.2, 0.25) is 10.0 Å². The van der Waals surface area contributed by atoms with Crippen LogP contribution in [0.15, 0.2) is 27.6 Å². The van der Waals surface area contributed by atoms with Gasteiger partial charge in [-0.05, 0) is 65.7 Å². The molecule has 0 amide bonds. The van der Waals surface area contributed by atoms with Gasteiger partial charge in [0.15, 0.2) is 0 Å². The Bertz CT molecular complexity index is 586. The molecule has 3 nitrogen and oxygen atoms in total. The van der Waals surface area contributed by atoms with Crippen LogP contribution in [0.3, 0.4) is 0 Å². The first-order valence-electron chi connectivity index (χ1n) is 7.71. The average Bonchev–Trinajstić information content (AvgIpc) is 2.65. The van der Waals surface area contributed by atoms with Crippen molar-refractivity contribution in [3.63, 3.8) is 0 Å². The SMILES string of the molecule is CCCC1CCCN(S(=O)(=O)c2ccc(C)cc2Br)CC1. The number of hydrogen-bond acceptors (Lipinski definition) is 2. The summed E-state index contributed by atoms with van der Waals surface area (Å²) < 4.78 is 28.0. The molecule has 1 fully saturated rings. The van der Waals surface area contributed by atoms with Crippen LogP contribution < -0.4 is 0 Å². The van der Waals surface area contributed by atoms with Crippen molar-refractivity contribution >= 4 is 26.0 Å². The van der Waals surface area contributed by atoms with Gasteiger partial charge in [-0.25, -0.2) is 8.42 Å². The van der Waals surface area contributed by atoms with E-state index in [4.69, 9.17) is 0 Å². The zero-order valence-electron chi connectivity index (χ0n) is 12.8. The molecule has 0 N–H and O–H groups in total. The first-order chi connectivity index (χ1) is 9.95. The van der Waals surface area contributed by atoms with Gasteiger partial charge in [-0.2, -0.15) is 4.31 Å². The van der Waals surface area contributed by atoms with Crippen LogP contribution in [-0.2, 0) is 10.0 Å². The maximum atomic E-state index is 12.8. The summed E-state index contributed by atoms with van der Waals surface area (Å²) in [5.74, 6) is 0.677. The van der Waals surface area contributed by atoms with E-state index in [0.717, 1.165) is 24.8 Å². The Morgan fingerprint density at radius 3 is 2.71 bits per heavy atom. The zero-order chi connectivity index (χ0) is 15.5. The standard InChI is InChI=1S/C16H24BrNO2S/c1-3-5-14-6-4-10-18(11-9-14)21(19,20)16-8-7-13(2)12-15(16)17/h7-8,12,14H,3-6,9-11H2,1-2H3. The quantitative estimate of drug-likeness (QED) is 0.786. The third-order valence-corrected chi connectivity index (χ3v) is 7.08. The van der Waals surface area contributed by atoms with Crippen LogP contribution in [0.4, 0.5) is 0 Å². The summed E-state index contributed by atoms with van der Waals surface area (Å²) in [6.07, 6.45) is 5.49. The lowest BCUT2D eigenvalue weighted by atomic mass is 9.96. The average molecular weight is 374 g/mol. The molecule has 0 aliphatic carbocycles. The Hall–Kier alpha value is -0.390. The predicted molar refractivity (Wildman–Crippen MR) is 89.9 cm³/mol. The molecule has 0 bridgehead atoms. The first kappa shape index (κ1) is 17.0. The molecule has 0 spiro atoms. The molecule has 1 heterocycles. The number of aryl methyl sites for hydroxylation is 1. The van der Waals surface area contributed by atoms with Gasteiger partial charge in [0.1, 0.15) is 0 Å². The van der Waals surface area contributed by atoms with Crippen molar-refractivity contribution in [3.05, 3.63) is 28.2 Å². The van der Waals surface area contributed by atoms with Gasteiger partial charge in [0.25, 0.3) is 0 Å². The van der Waals surface area contributed by atoms with Gasteiger partial charge < -0.3 is 0 Å². The minimum Gasteiger partial charge on any atom is -0.207 e. The number of rotatable bonds is 4. The Kier molecular flexibility index (Phi) is 5.86. The van der Waals surface area contributed by atoms with Gasteiger partial charge >= 0.3 is 0 Å². The molecule has 1 aromatic carbocycles. The van der Waals surface area contributed by atoms with Crippen molar-refractivity contribution in [2.24, 2.45) is 5.92 Å². The molecule has 1 saturated heterocycles. The fourth-order valence-corrected chi connectivity index (χ4v) is 5.68. The molecule has 21 heavy (non-hydrogen) atoms. The normalized spacial score (nSPS) is 21.2. The summed E-state index contributed by atoms with van der Waals surface area (Å²) >= 11 is 3.40. The molecule has 0 aromatic heterocycles. The van der Waals surface area contributed by atoms with E-state index >= 15 is 0 Å². The van der Waals surface area contributed by atoms with E-state index in [-0.39, 0.29) is 0 Å². The van der Waals surface area contributed by atoms with Crippen molar-refractivity contribution in [2.75, 3.05) is 13.1 Å². The second kappa shape index (κ2) is 7.25. The number of hydrogen-bond donors (Lipinski definition) is 0. The fourth-order valence-electron chi connectivity index (χ4n) is 3.03. The monoisotopic (exact) mass is 373 g/mol. The molecule has 0 saturated carbocycles. The second-order valence-electron chi connectivity index (χ2n) is 5.92. The van der Waals surface area contributed by atoms with Gasteiger partial charge in [-0.3, -0.25) is 0 Å². The van der Waals surface area contributed by atoms with Crippen molar-refractivity contribution in [3.8, 4) is 0 Å². The topological polar surface area (TPSA) is 37.4 Å². The highest BCUT2D eigenvalue weighted by atomic mass is 79.9. The van der Waals surface area contributed by atoms with E-state index in [2.05, 4.69) is 22.9 Å². The molecule has 1 aliphatic rings. The number of sulfonamides is 1. The minimum absolute atomic E-state index is 0.391. The van der Waals surface area contributed by atoms with Crippen LogP contribution in [0.1, 0.15) is 44.6 Å². The van der Waals surface area contributed by atoms with Crippen LogP contribution in [0, 0.1) is 12.8 Å². The largest absolute Gasteiger partial charge is 0.244 e. The molecule has 1 atom stereocenters. The van der Waals surface area contributed by atoms with Gasteiger partial charge in [-0.1, -0.05) is 25.8 Å². The fraction of sp³-hybridized carbons (Fsp3) is 0.625. The molecule has 118 valence electrons. The van der Waals surface area contributed by atoms with Crippen LogP contribution in [-0.4, -0.2) is 25.8 Å². The smallest absolute Gasteiger partial charge is 0.207 e. The van der Waals surface area contributed by atoms with Gasteiger partial charge in [-0.15, -0.1) is 0 Å². The molecular formula is C16H24BrNO2S. The number of benzene rings is 1. The molecule has 0 radical (unpaired) electrons. The molecule has 1 aromatic rings. The lowest BCUT2D eigenvalue weighted by Gasteiger charge is -2.21. The van der Waals surface area contributed by atoms with E-state index in [9.17, 15) is 8.42 Å². The van der Waals surface area contributed by atoms with Crippen LogP contribution >= 0.6 is 15.9 Å². The first-order valence-corrected chi connectivity index (χ1v) is 9.94. The Morgan fingerprint density at radius 1 is 1.29 bits per heavy atom.